The number of morpholine rings is 1. The predicted octanol–water partition coefficient (Wildman–Crippen LogP) is 1.72. The van der Waals surface area contributed by atoms with Crippen molar-refractivity contribution in [2.45, 2.75) is 32.5 Å². The van der Waals surface area contributed by atoms with E-state index < -0.39 is 0 Å². The molecular weight excluding hydrogens is 246 g/mol. The number of thiocarbonyl (C=S) groups is 1. The van der Waals surface area contributed by atoms with Crippen LogP contribution in [0.3, 0.4) is 0 Å². The van der Waals surface area contributed by atoms with Crippen LogP contribution in [0.2, 0.25) is 0 Å². The van der Waals surface area contributed by atoms with Crippen LogP contribution in [0.5, 0.6) is 0 Å². The molecule has 5 heteroatoms. The van der Waals surface area contributed by atoms with Gasteiger partial charge in [-0.2, -0.15) is 0 Å². The monoisotopic (exact) mass is 265 g/mol. The van der Waals surface area contributed by atoms with Gasteiger partial charge < -0.3 is 15.4 Å². The number of aromatic nitrogens is 1. The van der Waals surface area contributed by atoms with Crippen LogP contribution < -0.4 is 10.6 Å². The Kier molecular flexibility index (Phi) is 3.54. The molecule has 1 fully saturated rings. The third kappa shape index (κ3) is 2.79. The van der Waals surface area contributed by atoms with E-state index in [-0.39, 0.29) is 11.7 Å². The summed E-state index contributed by atoms with van der Waals surface area (Å²) in [6.07, 6.45) is 3.71. The number of pyridine rings is 1. The van der Waals surface area contributed by atoms with Crippen molar-refractivity contribution in [2.24, 2.45) is 5.73 Å². The zero-order chi connectivity index (χ0) is 13.3. The topological polar surface area (TPSA) is 51.4 Å². The zero-order valence-corrected chi connectivity index (χ0v) is 11.8. The van der Waals surface area contributed by atoms with Gasteiger partial charge in [0.15, 0.2) is 0 Å². The fourth-order valence-corrected chi connectivity index (χ4v) is 2.66. The van der Waals surface area contributed by atoms with Gasteiger partial charge in [-0.05, 0) is 26.8 Å². The normalized spacial score (nSPS) is 22.8. The van der Waals surface area contributed by atoms with Crippen LogP contribution in [0.4, 0.5) is 5.69 Å². The first-order valence-corrected chi connectivity index (χ1v) is 6.46. The number of anilines is 1. The highest BCUT2D eigenvalue weighted by Gasteiger charge is 2.32. The van der Waals surface area contributed by atoms with Crippen molar-refractivity contribution in [3.63, 3.8) is 0 Å². The van der Waals surface area contributed by atoms with Crippen molar-refractivity contribution in [1.82, 2.24) is 4.98 Å². The van der Waals surface area contributed by atoms with Crippen LogP contribution in [0.25, 0.3) is 0 Å². The maximum atomic E-state index is 5.90. The summed E-state index contributed by atoms with van der Waals surface area (Å²) in [6, 6.07) is 1.87. The molecule has 0 bridgehead atoms. The number of nitrogens with zero attached hydrogens (tertiary/aromatic N) is 2. The first-order valence-electron chi connectivity index (χ1n) is 6.05. The molecule has 0 radical (unpaired) electrons. The third-order valence-electron chi connectivity index (χ3n) is 2.98. The van der Waals surface area contributed by atoms with Gasteiger partial charge in [0.25, 0.3) is 0 Å². The molecule has 98 valence electrons. The summed E-state index contributed by atoms with van der Waals surface area (Å²) in [6.45, 7) is 7.88. The standard InChI is InChI=1S/C13H19N3OS/c1-9-7-16(8-13(2,3)17-9)11-6-15-5-4-10(11)12(14)18/h4-6,9H,7-8H2,1-3H3,(H2,14,18). The molecule has 1 saturated heterocycles. The molecule has 2 rings (SSSR count). The molecule has 4 nitrogen and oxygen atoms in total. The predicted molar refractivity (Wildman–Crippen MR) is 77.0 cm³/mol. The molecule has 0 aromatic carbocycles. The Bertz CT molecular complexity index is 461. The van der Waals surface area contributed by atoms with Gasteiger partial charge in [0, 0.05) is 24.8 Å². The summed E-state index contributed by atoms with van der Waals surface area (Å²) in [5.41, 5.74) is 7.46. The van der Waals surface area contributed by atoms with Crippen molar-refractivity contribution >= 4 is 22.9 Å². The van der Waals surface area contributed by atoms with E-state index in [2.05, 4.69) is 30.7 Å². The van der Waals surface area contributed by atoms with Crippen molar-refractivity contribution in [3.05, 3.63) is 24.0 Å². The molecule has 0 aliphatic carbocycles. The second kappa shape index (κ2) is 4.82. The molecule has 1 atom stereocenters. The van der Waals surface area contributed by atoms with E-state index >= 15 is 0 Å². The van der Waals surface area contributed by atoms with Gasteiger partial charge in [-0.1, -0.05) is 12.2 Å². The first-order chi connectivity index (χ1) is 8.39. The summed E-state index contributed by atoms with van der Waals surface area (Å²) in [5, 5.41) is 0. The average molecular weight is 265 g/mol. The van der Waals surface area contributed by atoms with Gasteiger partial charge in [0.05, 0.1) is 23.6 Å². The first kappa shape index (κ1) is 13.2. The second-order valence-corrected chi connectivity index (χ2v) is 5.77. The number of nitrogens with two attached hydrogens (primary N) is 1. The SMILES string of the molecule is CC1CN(c2cnccc2C(N)=S)CC(C)(C)O1. The molecule has 1 unspecified atom stereocenters. The number of hydrogen-bond acceptors (Lipinski definition) is 4. The van der Waals surface area contributed by atoms with E-state index in [0.29, 0.717) is 4.99 Å². The Morgan fingerprint density at radius 2 is 2.33 bits per heavy atom. The van der Waals surface area contributed by atoms with Crippen LogP contribution in [-0.4, -0.2) is 34.8 Å². The Morgan fingerprint density at radius 1 is 1.61 bits per heavy atom. The van der Waals surface area contributed by atoms with Gasteiger partial charge in [0.1, 0.15) is 4.99 Å². The summed E-state index contributed by atoms with van der Waals surface area (Å²) in [4.78, 5) is 6.83. The third-order valence-corrected chi connectivity index (χ3v) is 3.20. The molecule has 0 amide bonds. The van der Waals surface area contributed by atoms with Crippen molar-refractivity contribution < 1.29 is 4.74 Å². The Hall–Kier alpha value is -1.20. The lowest BCUT2D eigenvalue weighted by molar-refractivity contribution is -0.0749. The molecule has 2 heterocycles. The number of rotatable bonds is 2. The van der Waals surface area contributed by atoms with E-state index in [4.69, 9.17) is 22.7 Å². The smallest absolute Gasteiger partial charge is 0.106 e. The van der Waals surface area contributed by atoms with Crippen molar-refractivity contribution in [3.8, 4) is 0 Å². The van der Waals surface area contributed by atoms with E-state index in [1.165, 1.54) is 0 Å². The lowest BCUT2D eigenvalue weighted by Crippen LogP contribution is -2.52. The highest BCUT2D eigenvalue weighted by atomic mass is 32.1. The van der Waals surface area contributed by atoms with E-state index in [0.717, 1.165) is 24.3 Å². The maximum Gasteiger partial charge on any atom is 0.106 e. The van der Waals surface area contributed by atoms with Crippen LogP contribution in [-0.2, 0) is 4.74 Å². The molecule has 1 aromatic heterocycles. The van der Waals surface area contributed by atoms with Gasteiger partial charge in [0.2, 0.25) is 0 Å². The number of hydrogen-bond donors (Lipinski definition) is 1. The summed E-state index contributed by atoms with van der Waals surface area (Å²) in [7, 11) is 0. The van der Waals surface area contributed by atoms with E-state index in [1.807, 2.05) is 12.3 Å². The van der Waals surface area contributed by atoms with Crippen LogP contribution in [0.15, 0.2) is 18.5 Å². The minimum atomic E-state index is -0.180. The molecule has 2 N–H and O–H groups in total. The molecule has 0 spiro atoms. The average Bonchev–Trinajstić information content (AvgIpc) is 2.26. The van der Waals surface area contributed by atoms with E-state index in [9.17, 15) is 0 Å². The molecule has 1 aliphatic rings. The molecule has 0 saturated carbocycles. The molecular formula is C13H19N3OS. The molecule has 1 aliphatic heterocycles. The maximum absolute atomic E-state index is 5.90. The fourth-order valence-electron chi connectivity index (χ4n) is 2.48. The van der Waals surface area contributed by atoms with Crippen LogP contribution in [0.1, 0.15) is 26.3 Å². The summed E-state index contributed by atoms with van der Waals surface area (Å²) >= 11 is 5.10. The van der Waals surface area contributed by atoms with E-state index in [1.54, 1.807) is 6.20 Å². The largest absolute Gasteiger partial charge is 0.389 e. The number of ether oxygens (including phenoxy) is 1. The molecule has 1 aromatic rings. The Labute approximate surface area is 113 Å². The second-order valence-electron chi connectivity index (χ2n) is 5.33. The van der Waals surface area contributed by atoms with Crippen LogP contribution in [0, 0.1) is 0 Å². The van der Waals surface area contributed by atoms with Crippen molar-refractivity contribution in [2.75, 3.05) is 18.0 Å². The minimum Gasteiger partial charge on any atom is -0.389 e. The van der Waals surface area contributed by atoms with Crippen LogP contribution >= 0.6 is 12.2 Å². The van der Waals surface area contributed by atoms with Gasteiger partial charge in [-0.3, -0.25) is 4.98 Å². The highest BCUT2D eigenvalue weighted by Crippen LogP contribution is 2.27. The lowest BCUT2D eigenvalue weighted by atomic mass is 10.0. The Balaban J connectivity index is 2.34. The molecule has 18 heavy (non-hydrogen) atoms. The van der Waals surface area contributed by atoms with Gasteiger partial charge >= 0.3 is 0 Å². The highest BCUT2D eigenvalue weighted by molar-refractivity contribution is 7.80. The summed E-state index contributed by atoms with van der Waals surface area (Å²) in [5.74, 6) is 0. The van der Waals surface area contributed by atoms with Gasteiger partial charge in [-0.25, -0.2) is 0 Å². The van der Waals surface area contributed by atoms with Gasteiger partial charge in [-0.15, -0.1) is 0 Å². The fraction of sp³-hybridized carbons (Fsp3) is 0.538. The quantitative estimate of drug-likeness (QED) is 0.825. The zero-order valence-electron chi connectivity index (χ0n) is 11.0. The lowest BCUT2D eigenvalue weighted by Gasteiger charge is -2.43. The minimum absolute atomic E-state index is 0.174. The Morgan fingerprint density at radius 3 is 2.94 bits per heavy atom. The summed E-state index contributed by atoms with van der Waals surface area (Å²) < 4.78 is 5.90. The van der Waals surface area contributed by atoms with Crippen molar-refractivity contribution in [1.29, 1.82) is 0 Å².